The Morgan fingerprint density at radius 2 is 2.30 bits per heavy atom. The van der Waals surface area contributed by atoms with E-state index in [0.717, 1.165) is 19.4 Å². The van der Waals surface area contributed by atoms with Crippen LogP contribution < -0.4 is 10.1 Å². The predicted molar refractivity (Wildman–Crippen MR) is 74.4 cm³/mol. The van der Waals surface area contributed by atoms with E-state index in [1.165, 1.54) is 6.07 Å². The standard InChI is InChI=1S/C15H22FNO3/c1-15(7-4-8-20-15)11-17-9-12(18)10-19-14-6-3-2-5-13(14)16/h2-3,5-6,12,17-18H,4,7-11H2,1H3. The molecule has 2 atom stereocenters. The van der Waals surface area contributed by atoms with E-state index in [1.807, 2.05) is 0 Å². The Labute approximate surface area is 118 Å². The third-order valence-corrected chi connectivity index (χ3v) is 3.45. The van der Waals surface area contributed by atoms with Crippen LogP contribution in [-0.2, 0) is 4.74 Å². The quantitative estimate of drug-likeness (QED) is 0.800. The summed E-state index contributed by atoms with van der Waals surface area (Å²) in [5, 5.41) is 13.0. The van der Waals surface area contributed by atoms with Gasteiger partial charge >= 0.3 is 0 Å². The number of nitrogens with one attached hydrogen (secondary N) is 1. The van der Waals surface area contributed by atoms with E-state index < -0.39 is 11.9 Å². The van der Waals surface area contributed by atoms with Crippen molar-refractivity contribution in [3.63, 3.8) is 0 Å². The van der Waals surface area contributed by atoms with Crippen LogP contribution in [-0.4, -0.2) is 43.1 Å². The first-order valence-corrected chi connectivity index (χ1v) is 6.99. The molecule has 2 N–H and O–H groups in total. The highest BCUT2D eigenvalue weighted by Crippen LogP contribution is 2.23. The van der Waals surface area contributed by atoms with Crippen LogP contribution in [0.3, 0.4) is 0 Å². The Kier molecular flexibility index (Phi) is 5.34. The van der Waals surface area contributed by atoms with Gasteiger partial charge in [0.15, 0.2) is 11.6 Å². The predicted octanol–water partition coefficient (Wildman–Crippen LogP) is 1.72. The number of hydrogen-bond acceptors (Lipinski definition) is 4. The molecule has 0 amide bonds. The minimum absolute atomic E-state index is 0.0610. The second-order valence-electron chi connectivity index (χ2n) is 5.43. The fourth-order valence-electron chi connectivity index (χ4n) is 2.29. The molecule has 4 nitrogen and oxygen atoms in total. The van der Waals surface area contributed by atoms with E-state index in [4.69, 9.17) is 9.47 Å². The number of aliphatic hydroxyl groups excluding tert-OH is 1. The molecule has 0 bridgehead atoms. The summed E-state index contributed by atoms with van der Waals surface area (Å²) in [6.07, 6.45) is 1.43. The average molecular weight is 283 g/mol. The highest BCUT2D eigenvalue weighted by Gasteiger charge is 2.29. The number of ether oxygens (including phenoxy) is 2. The average Bonchev–Trinajstić information content (AvgIpc) is 2.85. The number of benzene rings is 1. The zero-order valence-corrected chi connectivity index (χ0v) is 11.8. The topological polar surface area (TPSA) is 50.7 Å². The van der Waals surface area contributed by atoms with Gasteiger partial charge in [0.1, 0.15) is 12.7 Å². The Hall–Kier alpha value is -1.17. The summed E-state index contributed by atoms with van der Waals surface area (Å²) in [7, 11) is 0. The SMILES string of the molecule is CC1(CNCC(O)COc2ccccc2F)CCCO1. The third kappa shape index (κ3) is 4.44. The van der Waals surface area contributed by atoms with Crippen molar-refractivity contribution in [3.05, 3.63) is 30.1 Å². The van der Waals surface area contributed by atoms with Gasteiger partial charge in [0.25, 0.3) is 0 Å². The minimum atomic E-state index is -0.681. The van der Waals surface area contributed by atoms with Gasteiger partial charge in [-0.15, -0.1) is 0 Å². The Balaban J connectivity index is 1.65. The highest BCUT2D eigenvalue weighted by molar-refractivity contribution is 5.23. The molecule has 1 saturated heterocycles. The lowest BCUT2D eigenvalue weighted by Gasteiger charge is -2.24. The van der Waals surface area contributed by atoms with Crippen molar-refractivity contribution < 1.29 is 19.0 Å². The lowest BCUT2D eigenvalue weighted by atomic mass is 10.0. The molecule has 1 fully saturated rings. The van der Waals surface area contributed by atoms with Gasteiger partial charge in [-0.25, -0.2) is 4.39 Å². The van der Waals surface area contributed by atoms with E-state index in [2.05, 4.69) is 12.2 Å². The lowest BCUT2D eigenvalue weighted by Crippen LogP contribution is -2.41. The zero-order chi connectivity index (χ0) is 14.4. The van der Waals surface area contributed by atoms with Gasteiger partial charge in [-0.3, -0.25) is 0 Å². The normalized spacial score (nSPS) is 23.8. The van der Waals surface area contributed by atoms with Crippen molar-refractivity contribution in [1.82, 2.24) is 5.32 Å². The van der Waals surface area contributed by atoms with Crippen LogP contribution in [0.2, 0.25) is 0 Å². The Morgan fingerprint density at radius 1 is 1.50 bits per heavy atom. The number of aliphatic hydroxyl groups is 1. The van der Waals surface area contributed by atoms with Gasteiger partial charge in [-0.1, -0.05) is 12.1 Å². The molecule has 2 unspecified atom stereocenters. The molecule has 1 aromatic carbocycles. The second-order valence-corrected chi connectivity index (χ2v) is 5.43. The fourth-order valence-corrected chi connectivity index (χ4v) is 2.29. The van der Waals surface area contributed by atoms with Gasteiger partial charge in [-0.05, 0) is 31.9 Å². The molecular weight excluding hydrogens is 261 g/mol. The molecule has 1 aliphatic heterocycles. The zero-order valence-electron chi connectivity index (χ0n) is 11.8. The molecule has 0 radical (unpaired) electrons. The van der Waals surface area contributed by atoms with Gasteiger partial charge in [-0.2, -0.15) is 0 Å². The maximum atomic E-state index is 13.3. The summed E-state index contributed by atoms with van der Waals surface area (Å²) in [5.74, 6) is -0.253. The Bertz CT molecular complexity index is 421. The monoisotopic (exact) mass is 283 g/mol. The number of halogens is 1. The molecule has 0 saturated carbocycles. The van der Waals surface area contributed by atoms with Crippen LogP contribution in [0.15, 0.2) is 24.3 Å². The van der Waals surface area contributed by atoms with Crippen molar-refractivity contribution in [1.29, 1.82) is 0 Å². The highest BCUT2D eigenvalue weighted by atomic mass is 19.1. The van der Waals surface area contributed by atoms with Gasteiger partial charge in [0, 0.05) is 19.7 Å². The van der Waals surface area contributed by atoms with Crippen LogP contribution in [0.25, 0.3) is 0 Å². The van der Waals surface area contributed by atoms with Crippen LogP contribution in [0, 0.1) is 5.82 Å². The summed E-state index contributed by atoms with van der Waals surface area (Å²) in [4.78, 5) is 0. The number of rotatable bonds is 7. The summed E-state index contributed by atoms with van der Waals surface area (Å²) in [5.41, 5.74) is -0.133. The van der Waals surface area contributed by atoms with Gasteiger partial charge < -0.3 is 19.9 Å². The molecule has 1 heterocycles. The first-order chi connectivity index (χ1) is 9.59. The molecule has 1 aliphatic rings. The minimum Gasteiger partial charge on any atom is -0.488 e. The summed E-state index contributed by atoms with van der Waals surface area (Å²) >= 11 is 0. The fraction of sp³-hybridized carbons (Fsp3) is 0.600. The molecule has 1 aromatic rings. The van der Waals surface area contributed by atoms with Crippen molar-refractivity contribution >= 4 is 0 Å². The maximum absolute atomic E-state index is 13.3. The van der Waals surface area contributed by atoms with E-state index in [1.54, 1.807) is 18.2 Å². The van der Waals surface area contributed by atoms with Crippen LogP contribution >= 0.6 is 0 Å². The molecular formula is C15H22FNO3. The van der Waals surface area contributed by atoms with E-state index in [9.17, 15) is 9.50 Å². The second kappa shape index (κ2) is 7.02. The van der Waals surface area contributed by atoms with E-state index in [0.29, 0.717) is 13.1 Å². The first-order valence-electron chi connectivity index (χ1n) is 6.99. The smallest absolute Gasteiger partial charge is 0.165 e. The van der Waals surface area contributed by atoms with Gasteiger partial charge in [0.05, 0.1) is 5.60 Å². The maximum Gasteiger partial charge on any atom is 0.165 e. The van der Waals surface area contributed by atoms with Gasteiger partial charge in [0.2, 0.25) is 0 Å². The lowest BCUT2D eigenvalue weighted by molar-refractivity contribution is 0.0169. The summed E-state index contributed by atoms with van der Waals surface area (Å²) in [6.45, 7) is 4.02. The van der Waals surface area contributed by atoms with Crippen molar-refractivity contribution in [2.24, 2.45) is 0 Å². The molecule has 20 heavy (non-hydrogen) atoms. The van der Waals surface area contributed by atoms with Crippen molar-refractivity contribution in [2.75, 3.05) is 26.3 Å². The molecule has 0 aliphatic carbocycles. The number of hydrogen-bond donors (Lipinski definition) is 2. The Morgan fingerprint density at radius 3 is 3.00 bits per heavy atom. The van der Waals surface area contributed by atoms with E-state index in [-0.39, 0.29) is 18.0 Å². The summed E-state index contributed by atoms with van der Waals surface area (Å²) in [6, 6.07) is 6.17. The first kappa shape index (κ1) is 15.2. The number of para-hydroxylation sites is 1. The molecule has 0 spiro atoms. The van der Waals surface area contributed by atoms with Crippen molar-refractivity contribution in [3.8, 4) is 5.75 Å². The molecule has 112 valence electrons. The molecule has 2 rings (SSSR count). The molecule has 5 heteroatoms. The van der Waals surface area contributed by atoms with E-state index >= 15 is 0 Å². The summed E-state index contributed by atoms with van der Waals surface area (Å²) < 4.78 is 24.2. The van der Waals surface area contributed by atoms with Crippen LogP contribution in [0.5, 0.6) is 5.75 Å². The van der Waals surface area contributed by atoms with Crippen LogP contribution in [0.4, 0.5) is 4.39 Å². The molecule has 0 aromatic heterocycles. The van der Waals surface area contributed by atoms with Crippen molar-refractivity contribution in [2.45, 2.75) is 31.5 Å². The van der Waals surface area contributed by atoms with Crippen LogP contribution in [0.1, 0.15) is 19.8 Å². The largest absolute Gasteiger partial charge is 0.488 e. The third-order valence-electron chi connectivity index (χ3n) is 3.45.